The average molecular weight is 331 g/mol. The van der Waals surface area contributed by atoms with Crippen molar-refractivity contribution in [3.8, 4) is 0 Å². The second-order valence-corrected chi connectivity index (χ2v) is 6.32. The lowest BCUT2D eigenvalue weighted by molar-refractivity contribution is 0.571. The van der Waals surface area contributed by atoms with Crippen LogP contribution in [0.25, 0.3) is 0 Å². The van der Waals surface area contributed by atoms with E-state index in [9.17, 15) is 8.42 Å². The Morgan fingerprint density at radius 3 is 2.48 bits per heavy atom. The minimum Gasteiger partial charge on any atom is -0.323 e. The van der Waals surface area contributed by atoms with Crippen molar-refractivity contribution in [2.24, 2.45) is 12.8 Å². The zero-order chi connectivity index (χ0) is 14.8. The van der Waals surface area contributed by atoms with Crippen LogP contribution in [-0.4, -0.2) is 24.7 Å². The minimum absolute atomic E-state index is 0. The normalized spacial score (nSPS) is 12.7. The summed E-state index contributed by atoms with van der Waals surface area (Å²) in [6, 6.07) is 8.98. The fourth-order valence-corrected chi connectivity index (χ4v) is 3.10. The molecule has 2 rings (SSSR count). The van der Waals surface area contributed by atoms with Crippen molar-refractivity contribution in [2.75, 3.05) is 6.54 Å². The number of hydrogen-bond donors (Lipinski definition) is 2. The molecule has 0 aliphatic heterocycles. The van der Waals surface area contributed by atoms with Gasteiger partial charge in [0.15, 0.2) is 0 Å². The topological polar surface area (TPSA) is 90.0 Å². The molecule has 1 atom stereocenters. The Labute approximate surface area is 130 Å². The molecule has 0 aliphatic carbocycles. The Morgan fingerprint density at radius 1 is 1.33 bits per heavy atom. The largest absolute Gasteiger partial charge is 0.323 e. The maximum atomic E-state index is 12.2. The van der Waals surface area contributed by atoms with Gasteiger partial charge < -0.3 is 5.73 Å². The number of halogens is 1. The summed E-state index contributed by atoms with van der Waals surface area (Å²) in [4.78, 5) is 0.181. The number of aromatic nitrogens is 2. The van der Waals surface area contributed by atoms with E-state index in [1.165, 1.54) is 10.9 Å². The van der Waals surface area contributed by atoms with E-state index in [4.69, 9.17) is 5.73 Å². The molecule has 116 valence electrons. The average Bonchev–Trinajstić information content (AvgIpc) is 2.78. The quantitative estimate of drug-likeness (QED) is 0.860. The Bertz CT molecular complexity index is 685. The van der Waals surface area contributed by atoms with E-state index in [1.807, 2.05) is 30.3 Å². The van der Waals surface area contributed by atoms with Crippen molar-refractivity contribution >= 4 is 22.4 Å². The van der Waals surface area contributed by atoms with E-state index in [0.717, 1.165) is 5.56 Å². The molecule has 1 aromatic carbocycles. The van der Waals surface area contributed by atoms with Crippen LogP contribution in [0.15, 0.2) is 41.4 Å². The number of nitrogens with zero attached hydrogens (tertiary/aromatic N) is 2. The van der Waals surface area contributed by atoms with Crippen LogP contribution in [0.5, 0.6) is 0 Å². The second kappa shape index (κ2) is 7.04. The maximum Gasteiger partial charge on any atom is 0.244 e. The molecule has 0 radical (unpaired) electrons. The van der Waals surface area contributed by atoms with Crippen LogP contribution in [0.1, 0.15) is 17.3 Å². The molecule has 6 nitrogen and oxygen atoms in total. The lowest BCUT2D eigenvalue weighted by atomic mass is 10.1. The van der Waals surface area contributed by atoms with Gasteiger partial charge in [0.05, 0.1) is 11.9 Å². The molecule has 1 unspecified atom stereocenters. The van der Waals surface area contributed by atoms with Crippen molar-refractivity contribution in [3.63, 3.8) is 0 Å². The van der Waals surface area contributed by atoms with Gasteiger partial charge in [0.1, 0.15) is 4.90 Å². The highest BCUT2D eigenvalue weighted by molar-refractivity contribution is 7.89. The van der Waals surface area contributed by atoms with Crippen molar-refractivity contribution in [1.82, 2.24) is 14.5 Å². The van der Waals surface area contributed by atoms with Gasteiger partial charge in [0, 0.05) is 19.6 Å². The third kappa shape index (κ3) is 4.04. The zero-order valence-corrected chi connectivity index (χ0v) is 13.5. The number of hydrogen-bond acceptors (Lipinski definition) is 4. The molecule has 8 heteroatoms. The first-order chi connectivity index (χ1) is 9.42. The second-order valence-electron chi connectivity index (χ2n) is 4.59. The summed E-state index contributed by atoms with van der Waals surface area (Å²) in [7, 11) is -1.89. The van der Waals surface area contributed by atoms with Gasteiger partial charge in [-0.05, 0) is 12.5 Å². The summed E-state index contributed by atoms with van der Waals surface area (Å²) in [5.41, 5.74) is 7.45. The van der Waals surface area contributed by atoms with Gasteiger partial charge >= 0.3 is 0 Å². The smallest absolute Gasteiger partial charge is 0.244 e. The molecule has 0 aliphatic rings. The molecule has 2 aromatic rings. The summed E-state index contributed by atoms with van der Waals surface area (Å²) >= 11 is 0. The van der Waals surface area contributed by atoms with Crippen LogP contribution in [0, 0.1) is 6.92 Å². The van der Waals surface area contributed by atoms with E-state index >= 15 is 0 Å². The Kier molecular flexibility index (Phi) is 5.91. The number of benzene rings is 1. The van der Waals surface area contributed by atoms with Crippen molar-refractivity contribution in [3.05, 3.63) is 47.8 Å². The molecule has 21 heavy (non-hydrogen) atoms. The number of nitrogens with one attached hydrogen (secondary N) is 1. The number of aryl methyl sites for hydroxylation is 1. The number of sulfonamides is 1. The summed E-state index contributed by atoms with van der Waals surface area (Å²) in [6.45, 7) is 1.85. The Hall–Kier alpha value is -1.41. The van der Waals surface area contributed by atoms with Crippen LogP contribution < -0.4 is 10.5 Å². The first-order valence-electron chi connectivity index (χ1n) is 6.20. The third-order valence-electron chi connectivity index (χ3n) is 3.20. The Morgan fingerprint density at radius 2 is 1.95 bits per heavy atom. The number of rotatable bonds is 5. The van der Waals surface area contributed by atoms with Gasteiger partial charge in [-0.25, -0.2) is 13.1 Å². The van der Waals surface area contributed by atoms with Crippen LogP contribution in [0.3, 0.4) is 0 Å². The zero-order valence-electron chi connectivity index (χ0n) is 11.9. The summed E-state index contributed by atoms with van der Waals surface area (Å²) in [6.07, 6.45) is 1.34. The predicted octanol–water partition coefficient (Wildman–Crippen LogP) is 1.13. The third-order valence-corrected chi connectivity index (χ3v) is 4.73. The Balaban J connectivity index is 0.00000220. The standard InChI is InChI=1S/C13H18N4O2S.ClH/c1-10-13(9-15-17(10)2)20(18,19)16-8-12(14)11-6-4-3-5-7-11;/h3-7,9,12,16H,8,14H2,1-2H3;1H. The SMILES string of the molecule is Cc1c(S(=O)(=O)NCC(N)c2ccccc2)cnn1C.Cl. The van der Waals surface area contributed by atoms with Gasteiger partial charge in [-0.3, -0.25) is 4.68 Å². The van der Waals surface area contributed by atoms with Crippen LogP contribution >= 0.6 is 12.4 Å². The number of nitrogens with two attached hydrogens (primary N) is 1. The van der Waals surface area contributed by atoms with Gasteiger partial charge in [0.2, 0.25) is 10.0 Å². The fourth-order valence-electron chi connectivity index (χ4n) is 1.84. The van der Waals surface area contributed by atoms with Crippen molar-refractivity contribution in [2.45, 2.75) is 17.9 Å². The van der Waals surface area contributed by atoms with Crippen LogP contribution in [0.2, 0.25) is 0 Å². The van der Waals surface area contributed by atoms with Crippen LogP contribution in [0.4, 0.5) is 0 Å². The molecule has 1 heterocycles. The molecule has 0 saturated carbocycles. The minimum atomic E-state index is -3.59. The maximum absolute atomic E-state index is 12.2. The highest BCUT2D eigenvalue weighted by Crippen LogP contribution is 2.14. The summed E-state index contributed by atoms with van der Waals surface area (Å²) in [5, 5.41) is 3.93. The molecule has 3 N–H and O–H groups in total. The fraction of sp³-hybridized carbons (Fsp3) is 0.308. The highest BCUT2D eigenvalue weighted by Gasteiger charge is 2.20. The molecule has 0 bridgehead atoms. The van der Waals surface area contributed by atoms with Gasteiger partial charge in [0.25, 0.3) is 0 Å². The van der Waals surface area contributed by atoms with E-state index in [-0.39, 0.29) is 29.9 Å². The lowest BCUT2D eigenvalue weighted by Crippen LogP contribution is -2.32. The van der Waals surface area contributed by atoms with E-state index in [1.54, 1.807) is 14.0 Å². The van der Waals surface area contributed by atoms with E-state index in [0.29, 0.717) is 5.69 Å². The first kappa shape index (κ1) is 17.6. The molecule has 0 spiro atoms. The molecular weight excluding hydrogens is 312 g/mol. The van der Waals surface area contributed by atoms with Gasteiger partial charge in [-0.1, -0.05) is 30.3 Å². The van der Waals surface area contributed by atoms with Gasteiger partial charge in [-0.2, -0.15) is 5.10 Å². The van der Waals surface area contributed by atoms with E-state index < -0.39 is 10.0 Å². The predicted molar refractivity (Wildman–Crippen MR) is 83.8 cm³/mol. The van der Waals surface area contributed by atoms with Crippen LogP contribution in [-0.2, 0) is 17.1 Å². The van der Waals surface area contributed by atoms with E-state index in [2.05, 4.69) is 9.82 Å². The molecule has 0 amide bonds. The first-order valence-corrected chi connectivity index (χ1v) is 7.69. The lowest BCUT2D eigenvalue weighted by Gasteiger charge is -2.13. The van der Waals surface area contributed by atoms with Crippen molar-refractivity contribution in [1.29, 1.82) is 0 Å². The molecule has 0 saturated heterocycles. The highest BCUT2D eigenvalue weighted by atomic mass is 35.5. The summed E-state index contributed by atoms with van der Waals surface area (Å²) < 4.78 is 28.4. The van der Waals surface area contributed by atoms with Crippen molar-refractivity contribution < 1.29 is 8.42 Å². The molecular formula is C13H19ClN4O2S. The molecule has 1 aromatic heterocycles. The molecule has 0 fully saturated rings. The van der Waals surface area contributed by atoms with Gasteiger partial charge in [-0.15, -0.1) is 12.4 Å². The summed E-state index contributed by atoms with van der Waals surface area (Å²) in [5.74, 6) is 0. The monoisotopic (exact) mass is 330 g/mol.